The van der Waals surface area contributed by atoms with Crippen molar-refractivity contribution in [3.8, 4) is 5.82 Å². The topological polar surface area (TPSA) is 76.8 Å². The second-order valence-corrected chi connectivity index (χ2v) is 6.10. The van der Waals surface area contributed by atoms with Gasteiger partial charge in [0.15, 0.2) is 5.82 Å². The molecule has 1 unspecified atom stereocenters. The zero-order valence-corrected chi connectivity index (χ0v) is 13.9. The van der Waals surface area contributed by atoms with Crippen LogP contribution in [0.4, 0.5) is 0 Å². The van der Waals surface area contributed by atoms with Crippen molar-refractivity contribution in [2.24, 2.45) is 0 Å². The monoisotopic (exact) mass is 334 g/mol. The van der Waals surface area contributed by atoms with Crippen LogP contribution in [0.1, 0.15) is 40.6 Å². The van der Waals surface area contributed by atoms with Crippen LogP contribution in [0.2, 0.25) is 0 Å². The van der Waals surface area contributed by atoms with E-state index in [-0.39, 0.29) is 11.9 Å². The normalized spacial score (nSPS) is 17.0. The maximum absolute atomic E-state index is 12.9. The second-order valence-electron chi connectivity index (χ2n) is 6.10. The Morgan fingerprint density at radius 3 is 2.88 bits per heavy atom. The van der Waals surface area contributed by atoms with Crippen LogP contribution >= 0.6 is 0 Å². The summed E-state index contributed by atoms with van der Waals surface area (Å²) in [7, 11) is 0. The van der Waals surface area contributed by atoms with Gasteiger partial charge in [0.2, 0.25) is 0 Å². The predicted molar refractivity (Wildman–Crippen MR) is 91.1 cm³/mol. The Bertz CT molecular complexity index is 875. The van der Waals surface area contributed by atoms with Gasteiger partial charge in [-0.25, -0.2) is 9.67 Å². The van der Waals surface area contributed by atoms with Gasteiger partial charge in [0, 0.05) is 31.3 Å². The second kappa shape index (κ2) is 6.43. The molecule has 7 nitrogen and oxygen atoms in total. The molecule has 1 atom stereocenters. The molecule has 0 radical (unpaired) electrons. The first kappa shape index (κ1) is 15.4. The molecule has 0 bridgehead atoms. The fourth-order valence-electron chi connectivity index (χ4n) is 3.18. The molecule has 0 aromatic carbocycles. The quantitative estimate of drug-likeness (QED) is 0.735. The van der Waals surface area contributed by atoms with Crippen LogP contribution in [0.15, 0.2) is 49.2 Å². The molecule has 7 heteroatoms. The largest absolute Gasteiger partial charge is 0.330 e. The van der Waals surface area contributed by atoms with Gasteiger partial charge < -0.3 is 4.90 Å². The molecule has 0 spiro atoms. The first-order valence-electron chi connectivity index (χ1n) is 8.28. The van der Waals surface area contributed by atoms with Crippen molar-refractivity contribution in [3.05, 3.63) is 66.1 Å². The van der Waals surface area contributed by atoms with E-state index in [4.69, 9.17) is 0 Å². The first-order chi connectivity index (χ1) is 12.2. The molecule has 1 aliphatic heterocycles. The number of amides is 1. The molecule has 0 aliphatic carbocycles. The fourth-order valence-corrected chi connectivity index (χ4v) is 3.18. The number of aryl methyl sites for hydroxylation is 1. The Balaban J connectivity index is 1.57. The van der Waals surface area contributed by atoms with E-state index < -0.39 is 0 Å². The third-order valence-electron chi connectivity index (χ3n) is 4.36. The predicted octanol–water partition coefficient (Wildman–Crippen LogP) is 2.34. The van der Waals surface area contributed by atoms with Crippen molar-refractivity contribution in [1.29, 1.82) is 0 Å². The average Bonchev–Trinajstić information content (AvgIpc) is 3.33. The van der Waals surface area contributed by atoms with Crippen LogP contribution in [0.25, 0.3) is 5.82 Å². The molecule has 126 valence electrons. The van der Waals surface area contributed by atoms with Gasteiger partial charge in [-0.1, -0.05) is 0 Å². The molecule has 4 rings (SSSR count). The number of likely N-dealkylation sites (tertiary alicyclic amines) is 1. The summed E-state index contributed by atoms with van der Waals surface area (Å²) < 4.78 is 1.66. The Kier molecular flexibility index (Phi) is 3.97. The smallest absolute Gasteiger partial charge is 0.255 e. The minimum Gasteiger partial charge on any atom is -0.330 e. The lowest BCUT2D eigenvalue weighted by molar-refractivity contribution is 0.0732. The number of hydrogen-bond acceptors (Lipinski definition) is 5. The summed E-state index contributed by atoms with van der Waals surface area (Å²) in [6.07, 6.45) is 10.5. The molecule has 1 aliphatic rings. The van der Waals surface area contributed by atoms with Crippen LogP contribution < -0.4 is 0 Å². The van der Waals surface area contributed by atoms with E-state index in [1.54, 1.807) is 41.6 Å². The van der Waals surface area contributed by atoms with E-state index in [2.05, 4.69) is 20.1 Å². The fraction of sp³-hybridized carbons (Fsp3) is 0.278. The number of rotatable bonds is 3. The first-order valence-corrected chi connectivity index (χ1v) is 8.28. The SMILES string of the molecule is Cc1cncc(C2CCCN2C(=O)c2ccc(-n3cccn3)nc2)n1. The number of carbonyl (C=O) groups excluding carboxylic acids is 1. The van der Waals surface area contributed by atoms with Gasteiger partial charge in [0.25, 0.3) is 5.91 Å². The average molecular weight is 334 g/mol. The lowest BCUT2D eigenvalue weighted by Crippen LogP contribution is -2.31. The highest BCUT2D eigenvalue weighted by atomic mass is 16.2. The molecular weight excluding hydrogens is 316 g/mol. The maximum Gasteiger partial charge on any atom is 0.255 e. The van der Waals surface area contributed by atoms with Gasteiger partial charge in [-0.3, -0.25) is 14.8 Å². The van der Waals surface area contributed by atoms with E-state index in [0.29, 0.717) is 11.4 Å². The van der Waals surface area contributed by atoms with Gasteiger partial charge in [-0.15, -0.1) is 0 Å². The standard InChI is InChI=1S/C18H18N6O/c1-13-10-19-12-15(22-13)16-4-2-8-23(16)18(25)14-5-6-17(20-11-14)24-9-3-7-21-24/h3,5-7,9-12,16H,2,4,8H2,1H3. The third-order valence-corrected chi connectivity index (χ3v) is 4.36. The van der Waals surface area contributed by atoms with E-state index in [9.17, 15) is 4.79 Å². The Morgan fingerprint density at radius 1 is 1.24 bits per heavy atom. The van der Waals surface area contributed by atoms with Crippen molar-refractivity contribution in [3.63, 3.8) is 0 Å². The van der Waals surface area contributed by atoms with Crippen molar-refractivity contribution < 1.29 is 4.79 Å². The van der Waals surface area contributed by atoms with Crippen molar-refractivity contribution in [2.45, 2.75) is 25.8 Å². The Morgan fingerprint density at radius 2 is 2.16 bits per heavy atom. The summed E-state index contributed by atoms with van der Waals surface area (Å²) in [5.74, 6) is 0.661. The van der Waals surface area contributed by atoms with Crippen LogP contribution in [0.3, 0.4) is 0 Å². The van der Waals surface area contributed by atoms with E-state index in [0.717, 1.165) is 30.8 Å². The summed E-state index contributed by atoms with van der Waals surface area (Å²) in [5.41, 5.74) is 2.29. The van der Waals surface area contributed by atoms with Crippen molar-refractivity contribution in [1.82, 2.24) is 29.6 Å². The number of aromatic nitrogens is 5. The van der Waals surface area contributed by atoms with Crippen molar-refractivity contribution >= 4 is 5.91 Å². The third kappa shape index (κ3) is 3.00. The van der Waals surface area contributed by atoms with Gasteiger partial charge in [0.1, 0.15) is 0 Å². The number of hydrogen-bond donors (Lipinski definition) is 0. The van der Waals surface area contributed by atoms with Gasteiger partial charge in [-0.05, 0) is 38.0 Å². The molecular formula is C18H18N6O. The highest BCUT2D eigenvalue weighted by molar-refractivity contribution is 5.94. The Labute approximate surface area is 145 Å². The van der Waals surface area contributed by atoms with Crippen LogP contribution in [-0.4, -0.2) is 42.1 Å². The Hall–Kier alpha value is -3.09. The van der Waals surface area contributed by atoms with Crippen LogP contribution in [-0.2, 0) is 0 Å². The van der Waals surface area contributed by atoms with Crippen molar-refractivity contribution in [2.75, 3.05) is 6.54 Å². The highest BCUT2D eigenvalue weighted by Crippen LogP contribution is 2.31. The molecule has 0 N–H and O–H groups in total. The van der Waals surface area contributed by atoms with Crippen LogP contribution in [0.5, 0.6) is 0 Å². The molecule has 1 amide bonds. The van der Waals surface area contributed by atoms with Gasteiger partial charge in [0.05, 0.1) is 29.2 Å². The summed E-state index contributed by atoms with van der Waals surface area (Å²) in [6, 6.07) is 5.41. The maximum atomic E-state index is 12.9. The molecule has 0 saturated carbocycles. The molecule has 1 fully saturated rings. The minimum absolute atomic E-state index is 0.0225. The summed E-state index contributed by atoms with van der Waals surface area (Å²) in [5, 5.41) is 4.14. The summed E-state index contributed by atoms with van der Waals surface area (Å²) in [4.78, 5) is 27.9. The molecule has 25 heavy (non-hydrogen) atoms. The van der Waals surface area contributed by atoms with Gasteiger partial charge in [-0.2, -0.15) is 5.10 Å². The van der Waals surface area contributed by atoms with Gasteiger partial charge >= 0.3 is 0 Å². The molecule has 4 heterocycles. The van der Waals surface area contributed by atoms with Crippen LogP contribution in [0, 0.1) is 6.92 Å². The molecule has 1 saturated heterocycles. The van der Waals surface area contributed by atoms with E-state index >= 15 is 0 Å². The highest BCUT2D eigenvalue weighted by Gasteiger charge is 2.31. The zero-order chi connectivity index (χ0) is 17.2. The number of pyridine rings is 1. The molecule has 3 aromatic rings. The zero-order valence-electron chi connectivity index (χ0n) is 13.9. The number of carbonyl (C=O) groups is 1. The summed E-state index contributed by atoms with van der Waals surface area (Å²) >= 11 is 0. The summed E-state index contributed by atoms with van der Waals surface area (Å²) in [6.45, 7) is 2.63. The van der Waals surface area contributed by atoms with E-state index in [1.807, 2.05) is 24.1 Å². The molecule has 3 aromatic heterocycles. The lowest BCUT2D eigenvalue weighted by atomic mass is 10.1. The number of nitrogens with zero attached hydrogens (tertiary/aromatic N) is 6. The van der Waals surface area contributed by atoms with E-state index in [1.165, 1.54) is 0 Å². The minimum atomic E-state index is -0.0229. The lowest BCUT2D eigenvalue weighted by Gasteiger charge is -2.24.